The molecule has 0 saturated heterocycles. The van der Waals surface area contributed by atoms with Crippen molar-refractivity contribution in [2.45, 2.75) is 46.1 Å². The second-order valence-corrected chi connectivity index (χ2v) is 7.97. The average Bonchev–Trinajstić information content (AvgIpc) is 2.50. The van der Waals surface area contributed by atoms with Gasteiger partial charge in [0.15, 0.2) is 5.11 Å². The van der Waals surface area contributed by atoms with Crippen molar-refractivity contribution in [2.75, 3.05) is 5.32 Å². The minimum absolute atomic E-state index is 0.125. The van der Waals surface area contributed by atoms with Crippen LogP contribution in [0.1, 0.15) is 50.4 Å². The van der Waals surface area contributed by atoms with Gasteiger partial charge in [0.05, 0.1) is 6.04 Å². The number of hydrogen-bond donors (Lipinski definition) is 2. The molecule has 24 heavy (non-hydrogen) atoms. The van der Waals surface area contributed by atoms with Gasteiger partial charge < -0.3 is 10.6 Å². The molecule has 2 aromatic carbocycles. The number of benzene rings is 2. The number of thiocarbonyl (C=S) groups is 1. The second-order valence-electron chi connectivity index (χ2n) is 7.16. The Labute approximate surface area is 155 Å². The second kappa shape index (κ2) is 7.54. The molecule has 2 aromatic rings. The molecule has 4 heteroatoms. The van der Waals surface area contributed by atoms with E-state index in [4.69, 9.17) is 23.8 Å². The standard InChI is InChI=1S/C20H25ClN2S/c1-13-6-11-17(12-18(13)21)23-19(24)22-14(2)15-7-9-16(10-8-15)20(3,4)5/h6-12,14H,1-5H3,(H2,22,23,24)/t14-/m1/s1. The van der Waals surface area contributed by atoms with Crippen LogP contribution in [0.5, 0.6) is 0 Å². The largest absolute Gasteiger partial charge is 0.356 e. The molecule has 0 aromatic heterocycles. The Morgan fingerprint density at radius 3 is 2.25 bits per heavy atom. The van der Waals surface area contributed by atoms with Gasteiger partial charge in [0.25, 0.3) is 0 Å². The normalized spacial score (nSPS) is 12.6. The highest BCUT2D eigenvalue weighted by Crippen LogP contribution is 2.24. The van der Waals surface area contributed by atoms with E-state index < -0.39 is 0 Å². The molecule has 0 heterocycles. The fourth-order valence-corrected chi connectivity index (χ4v) is 2.86. The smallest absolute Gasteiger partial charge is 0.171 e. The SMILES string of the molecule is Cc1ccc(NC(=S)N[C@H](C)c2ccc(C(C)(C)C)cc2)cc1Cl. The zero-order valence-electron chi connectivity index (χ0n) is 14.9. The van der Waals surface area contributed by atoms with Crippen molar-refractivity contribution in [1.82, 2.24) is 5.32 Å². The lowest BCUT2D eigenvalue weighted by molar-refractivity contribution is 0.589. The van der Waals surface area contributed by atoms with Crippen LogP contribution >= 0.6 is 23.8 Å². The van der Waals surface area contributed by atoms with E-state index in [9.17, 15) is 0 Å². The molecule has 0 saturated carbocycles. The quantitative estimate of drug-likeness (QED) is 0.657. The van der Waals surface area contributed by atoms with Crippen molar-refractivity contribution in [3.8, 4) is 0 Å². The maximum atomic E-state index is 6.15. The predicted molar refractivity (Wildman–Crippen MR) is 109 cm³/mol. The molecule has 0 aliphatic heterocycles. The van der Waals surface area contributed by atoms with Gasteiger partial charge in [-0.1, -0.05) is 62.7 Å². The van der Waals surface area contributed by atoms with Crippen molar-refractivity contribution < 1.29 is 0 Å². The van der Waals surface area contributed by atoms with Crippen LogP contribution in [0.25, 0.3) is 0 Å². The first-order valence-corrected chi connectivity index (χ1v) is 8.89. The van der Waals surface area contributed by atoms with Crippen LogP contribution in [-0.4, -0.2) is 5.11 Å². The van der Waals surface area contributed by atoms with E-state index in [0.29, 0.717) is 5.11 Å². The van der Waals surface area contributed by atoms with Gasteiger partial charge in [0.2, 0.25) is 0 Å². The van der Waals surface area contributed by atoms with Gasteiger partial charge in [-0.25, -0.2) is 0 Å². The summed E-state index contributed by atoms with van der Waals surface area (Å²) in [6, 6.07) is 14.6. The van der Waals surface area contributed by atoms with Crippen molar-refractivity contribution in [1.29, 1.82) is 0 Å². The van der Waals surface area contributed by atoms with Crippen LogP contribution in [-0.2, 0) is 5.41 Å². The molecule has 0 aliphatic carbocycles. The zero-order chi connectivity index (χ0) is 17.9. The van der Waals surface area contributed by atoms with Crippen molar-refractivity contribution in [3.05, 3.63) is 64.2 Å². The molecular formula is C20H25ClN2S. The molecule has 0 radical (unpaired) electrons. The molecule has 0 amide bonds. The van der Waals surface area contributed by atoms with Crippen molar-refractivity contribution in [2.24, 2.45) is 0 Å². The molecule has 0 unspecified atom stereocenters. The lowest BCUT2D eigenvalue weighted by atomic mass is 9.86. The molecule has 0 spiro atoms. The summed E-state index contributed by atoms with van der Waals surface area (Å²) in [5, 5.41) is 7.81. The third kappa shape index (κ3) is 4.96. The van der Waals surface area contributed by atoms with Gasteiger partial charge in [-0.2, -0.15) is 0 Å². The third-order valence-corrected chi connectivity index (χ3v) is 4.68. The maximum Gasteiger partial charge on any atom is 0.171 e. The molecular weight excluding hydrogens is 336 g/mol. The van der Waals surface area contributed by atoms with E-state index in [0.717, 1.165) is 16.3 Å². The minimum Gasteiger partial charge on any atom is -0.356 e. The highest BCUT2D eigenvalue weighted by atomic mass is 35.5. The van der Waals surface area contributed by atoms with Gasteiger partial charge in [-0.15, -0.1) is 0 Å². The minimum atomic E-state index is 0.125. The van der Waals surface area contributed by atoms with Gasteiger partial charge in [-0.3, -0.25) is 0 Å². The average molecular weight is 361 g/mol. The molecule has 0 fully saturated rings. The Kier molecular flexibility index (Phi) is 5.89. The number of hydrogen-bond acceptors (Lipinski definition) is 1. The lowest BCUT2D eigenvalue weighted by Crippen LogP contribution is -2.30. The lowest BCUT2D eigenvalue weighted by Gasteiger charge is -2.21. The summed E-state index contributed by atoms with van der Waals surface area (Å²) < 4.78 is 0. The first-order chi connectivity index (χ1) is 11.2. The summed E-state index contributed by atoms with van der Waals surface area (Å²) in [6.45, 7) is 10.7. The highest BCUT2D eigenvalue weighted by molar-refractivity contribution is 7.80. The van der Waals surface area contributed by atoms with E-state index in [1.165, 1.54) is 11.1 Å². The summed E-state index contributed by atoms with van der Waals surface area (Å²) in [5.74, 6) is 0. The maximum absolute atomic E-state index is 6.15. The Morgan fingerprint density at radius 2 is 1.71 bits per heavy atom. The number of nitrogens with one attached hydrogen (secondary N) is 2. The van der Waals surface area contributed by atoms with Gasteiger partial charge in [0.1, 0.15) is 0 Å². The topological polar surface area (TPSA) is 24.1 Å². The number of aryl methyl sites for hydroxylation is 1. The predicted octanol–water partition coefficient (Wildman–Crippen LogP) is 5.99. The van der Waals surface area contributed by atoms with E-state index in [1.807, 2.05) is 25.1 Å². The van der Waals surface area contributed by atoms with Gasteiger partial charge >= 0.3 is 0 Å². The zero-order valence-corrected chi connectivity index (χ0v) is 16.5. The fraction of sp³-hybridized carbons (Fsp3) is 0.350. The summed E-state index contributed by atoms with van der Waals surface area (Å²) >= 11 is 11.6. The molecule has 1 atom stereocenters. The third-order valence-electron chi connectivity index (χ3n) is 4.05. The van der Waals surface area contributed by atoms with Crippen molar-refractivity contribution in [3.63, 3.8) is 0 Å². The molecule has 0 aliphatic rings. The molecule has 2 N–H and O–H groups in total. The number of rotatable bonds is 3. The highest BCUT2D eigenvalue weighted by Gasteiger charge is 2.14. The molecule has 2 nitrogen and oxygen atoms in total. The van der Waals surface area contributed by atoms with E-state index in [1.54, 1.807) is 0 Å². The molecule has 128 valence electrons. The number of halogens is 1. The Balaban J connectivity index is 1.99. The monoisotopic (exact) mass is 360 g/mol. The Hall–Kier alpha value is -1.58. The van der Waals surface area contributed by atoms with E-state index in [2.05, 4.69) is 62.6 Å². The van der Waals surface area contributed by atoms with Crippen LogP contribution in [0.2, 0.25) is 5.02 Å². The van der Waals surface area contributed by atoms with E-state index >= 15 is 0 Å². The number of anilines is 1. The van der Waals surface area contributed by atoms with Crippen LogP contribution in [0.3, 0.4) is 0 Å². The van der Waals surface area contributed by atoms with Crippen LogP contribution in [0, 0.1) is 6.92 Å². The van der Waals surface area contributed by atoms with Crippen molar-refractivity contribution >= 4 is 34.6 Å². The summed E-state index contributed by atoms with van der Waals surface area (Å²) in [4.78, 5) is 0. The van der Waals surface area contributed by atoms with Crippen LogP contribution < -0.4 is 10.6 Å². The molecule has 0 bridgehead atoms. The first kappa shape index (κ1) is 18.8. The Morgan fingerprint density at radius 1 is 1.08 bits per heavy atom. The summed E-state index contributed by atoms with van der Waals surface area (Å²) in [7, 11) is 0. The first-order valence-electron chi connectivity index (χ1n) is 8.11. The summed E-state index contributed by atoms with van der Waals surface area (Å²) in [6.07, 6.45) is 0. The Bertz CT molecular complexity index is 717. The van der Waals surface area contributed by atoms with Gasteiger partial charge in [-0.05, 0) is 60.3 Å². The summed E-state index contributed by atoms with van der Waals surface area (Å²) in [5.41, 5.74) is 4.63. The van der Waals surface area contributed by atoms with Crippen LogP contribution in [0.15, 0.2) is 42.5 Å². The van der Waals surface area contributed by atoms with Gasteiger partial charge in [0, 0.05) is 10.7 Å². The van der Waals surface area contributed by atoms with E-state index in [-0.39, 0.29) is 11.5 Å². The molecule has 2 rings (SSSR count). The fourth-order valence-electron chi connectivity index (χ4n) is 2.39. The van der Waals surface area contributed by atoms with Crippen LogP contribution in [0.4, 0.5) is 5.69 Å².